The van der Waals surface area contributed by atoms with Crippen molar-refractivity contribution in [1.29, 1.82) is 0 Å². The molecule has 10 aromatic carbocycles. The Labute approximate surface area is 309 Å². The van der Waals surface area contributed by atoms with Crippen molar-refractivity contribution >= 4 is 60.2 Å². The molecule has 0 bridgehead atoms. The standard InChI is InChI=1S/C52H35N/c1-2-16-42(17-3-1)53(43-29-24-36(25-30-43)39-14-10-15-41(34-39)46-23-11-13-38-12-4-5-18-45(38)46)44-31-26-37(27-32-44)40-28-33-51-49-21-7-6-19-47(49)48-20-8-9-22-50(48)52(51)35-40/h1-35H. The molecule has 0 atom stereocenters. The summed E-state index contributed by atoms with van der Waals surface area (Å²) in [6.45, 7) is 0. The minimum absolute atomic E-state index is 1.11. The van der Waals surface area contributed by atoms with Crippen LogP contribution in [0.5, 0.6) is 0 Å². The fraction of sp³-hybridized carbons (Fsp3) is 0. The van der Waals surface area contributed by atoms with Crippen LogP contribution < -0.4 is 4.90 Å². The van der Waals surface area contributed by atoms with Crippen molar-refractivity contribution in [3.63, 3.8) is 0 Å². The Morgan fingerprint density at radius 1 is 0.226 bits per heavy atom. The van der Waals surface area contributed by atoms with Gasteiger partial charge in [-0.05, 0) is 125 Å². The molecule has 248 valence electrons. The zero-order valence-corrected chi connectivity index (χ0v) is 29.2. The Hall–Kier alpha value is -6.96. The fourth-order valence-corrected chi connectivity index (χ4v) is 8.06. The van der Waals surface area contributed by atoms with Crippen molar-refractivity contribution in [2.24, 2.45) is 0 Å². The number of para-hydroxylation sites is 1. The molecule has 0 unspecified atom stereocenters. The average Bonchev–Trinajstić information content (AvgIpc) is 3.24. The predicted octanol–water partition coefficient (Wildman–Crippen LogP) is 14.8. The third-order valence-corrected chi connectivity index (χ3v) is 10.6. The van der Waals surface area contributed by atoms with E-state index < -0.39 is 0 Å². The third kappa shape index (κ3) is 5.51. The maximum absolute atomic E-state index is 2.36. The van der Waals surface area contributed by atoms with Gasteiger partial charge in [-0.2, -0.15) is 0 Å². The van der Waals surface area contributed by atoms with Crippen LogP contribution >= 0.6 is 0 Å². The normalized spacial score (nSPS) is 11.4. The van der Waals surface area contributed by atoms with E-state index in [0.29, 0.717) is 0 Å². The van der Waals surface area contributed by atoms with Crippen LogP contribution in [0, 0.1) is 0 Å². The van der Waals surface area contributed by atoms with Gasteiger partial charge >= 0.3 is 0 Å². The van der Waals surface area contributed by atoms with Gasteiger partial charge in [0.25, 0.3) is 0 Å². The van der Waals surface area contributed by atoms with Crippen molar-refractivity contribution in [3.8, 4) is 33.4 Å². The van der Waals surface area contributed by atoms with Gasteiger partial charge in [0, 0.05) is 17.1 Å². The van der Waals surface area contributed by atoms with Crippen molar-refractivity contribution < 1.29 is 0 Å². The Balaban J connectivity index is 0.999. The van der Waals surface area contributed by atoms with Gasteiger partial charge < -0.3 is 4.90 Å². The van der Waals surface area contributed by atoms with E-state index in [1.54, 1.807) is 0 Å². The van der Waals surface area contributed by atoms with Gasteiger partial charge in [-0.3, -0.25) is 0 Å². The topological polar surface area (TPSA) is 3.24 Å². The van der Waals surface area contributed by atoms with Crippen LogP contribution in [-0.2, 0) is 0 Å². The molecule has 0 saturated carbocycles. The molecule has 0 spiro atoms. The molecule has 0 aliphatic carbocycles. The second-order valence-electron chi connectivity index (χ2n) is 13.7. The first-order valence-electron chi connectivity index (χ1n) is 18.3. The molecule has 0 radical (unpaired) electrons. The summed E-state index contributed by atoms with van der Waals surface area (Å²) in [6.07, 6.45) is 0. The highest BCUT2D eigenvalue weighted by Crippen LogP contribution is 2.40. The van der Waals surface area contributed by atoms with E-state index in [1.807, 2.05) is 0 Å². The number of anilines is 3. The largest absolute Gasteiger partial charge is 0.311 e. The van der Waals surface area contributed by atoms with Gasteiger partial charge in [0.2, 0.25) is 0 Å². The first-order valence-corrected chi connectivity index (χ1v) is 18.3. The first kappa shape index (κ1) is 30.8. The zero-order chi connectivity index (χ0) is 35.1. The lowest BCUT2D eigenvalue weighted by Gasteiger charge is -2.26. The predicted molar refractivity (Wildman–Crippen MR) is 227 cm³/mol. The molecule has 0 heterocycles. The maximum atomic E-state index is 2.36. The molecule has 10 rings (SSSR count). The summed E-state index contributed by atoms with van der Waals surface area (Å²) in [6, 6.07) is 77.1. The van der Waals surface area contributed by atoms with E-state index in [0.717, 1.165) is 17.1 Å². The average molecular weight is 674 g/mol. The Bertz CT molecular complexity index is 2880. The van der Waals surface area contributed by atoms with Crippen LogP contribution in [-0.4, -0.2) is 0 Å². The van der Waals surface area contributed by atoms with Gasteiger partial charge in [-0.1, -0.05) is 164 Å². The Morgan fingerprint density at radius 3 is 1.30 bits per heavy atom. The van der Waals surface area contributed by atoms with Gasteiger partial charge in [-0.15, -0.1) is 0 Å². The van der Waals surface area contributed by atoms with Crippen molar-refractivity contribution in [2.75, 3.05) is 4.90 Å². The monoisotopic (exact) mass is 673 g/mol. The van der Waals surface area contributed by atoms with E-state index >= 15 is 0 Å². The molecule has 0 saturated heterocycles. The van der Waals surface area contributed by atoms with E-state index in [9.17, 15) is 0 Å². The molecule has 53 heavy (non-hydrogen) atoms. The lowest BCUT2D eigenvalue weighted by atomic mass is 9.92. The molecule has 0 N–H and O–H groups in total. The van der Waals surface area contributed by atoms with Gasteiger partial charge in [0.1, 0.15) is 0 Å². The maximum Gasteiger partial charge on any atom is 0.0462 e. The van der Waals surface area contributed by atoms with Crippen LogP contribution in [0.2, 0.25) is 0 Å². The molecule has 0 amide bonds. The van der Waals surface area contributed by atoms with Crippen molar-refractivity contribution in [3.05, 3.63) is 212 Å². The van der Waals surface area contributed by atoms with E-state index in [-0.39, 0.29) is 0 Å². The number of nitrogens with zero attached hydrogens (tertiary/aromatic N) is 1. The summed E-state index contributed by atoms with van der Waals surface area (Å²) < 4.78 is 0. The summed E-state index contributed by atoms with van der Waals surface area (Å²) in [5.41, 5.74) is 10.6. The molecule has 0 fully saturated rings. The molecule has 1 nitrogen and oxygen atoms in total. The number of hydrogen-bond acceptors (Lipinski definition) is 1. The molecular weight excluding hydrogens is 639 g/mol. The summed E-state index contributed by atoms with van der Waals surface area (Å²) >= 11 is 0. The van der Waals surface area contributed by atoms with Crippen LogP contribution in [0.25, 0.3) is 76.5 Å². The second kappa shape index (κ2) is 13.0. The smallest absolute Gasteiger partial charge is 0.0462 e. The highest BCUT2D eigenvalue weighted by Gasteiger charge is 2.15. The molecular formula is C52H35N. The quantitative estimate of drug-likeness (QED) is 0.159. The highest BCUT2D eigenvalue weighted by molar-refractivity contribution is 6.25. The Kier molecular flexibility index (Phi) is 7.55. The van der Waals surface area contributed by atoms with Crippen LogP contribution in [0.4, 0.5) is 17.1 Å². The SMILES string of the molecule is c1ccc(N(c2ccc(-c3cccc(-c4cccc5ccccc45)c3)cc2)c2ccc(-c3ccc4c5ccccc5c5ccccc5c4c3)cc2)cc1. The highest BCUT2D eigenvalue weighted by atomic mass is 15.1. The van der Waals surface area contributed by atoms with Crippen LogP contribution in [0.3, 0.4) is 0 Å². The van der Waals surface area contributed by atoms with Gasteiger partial charge in [0.15, 0.2) is 0 Å². The molecule has 0 aromatic heterocycles. The summed E-state index contributed by atoms with van der Waals surface area (Å²) in [7, 11) is 0. The summed E-state index contributed by atoms with van der Waals surface area (Å²) in [5, 5.41) is 10.3. The van der Waals surface area contributed by atoms with Gasteiger partial charge in [-0.25, -0.2) is 0 Å². The first-order chi connectivity index (χ1) is 26.3. The van der Waals surface area contributed by atoms with Crippen LogP contribution in [0.1, 0.15) is 0 Å². The lowest BCUT2D eigenvalue weighted by molar-refractivity contribution is 1.28. The van der Waals surface area contributed by atoms with Crippen molar-refractivity contribution in [1.82, 2.24) is 0 Å². The zero-order valence-electron chi connectivity index (χ0n) is 29.2. The minimum atomic E-state index is 1.11. The fourth-order valence-electron chi connectivity index (χ4n) is 8.06. The number of benzene rings is 10. The molecule has 0 aliphatic heterocycles. The molecule has 0 aliphatic rings. The Morgan fingerprint density at radius 2 is 0.660 bits per heavy atom. The number of fused-ring (bicyclic) bond motifs is 7. The number of rotatable bonds is 6. The van der Waals surface area contributed by atoms with E-state index in [4.69, 9.17) is 0 Å². The number of hydrogen-bond donors (Lipinski definition) is 0. The third-order valence-electron chi connectivity index (χ3n) is 10.6. The van der Waals surface area contributed by atoms with Gasteiger partial charge in [0.05, 0.1) is 0 Å². The summed E-state index contributed by atoms with van der Waals surface area (Å²) in [4.78, 5) is 2.33. The van der Waals surface area contributed by atoms with Crippen molar-refractivity contribution in [2.45, 2.75) is 0 Å². The second-order valence-corrected chi connectivity index (χ2v) is 13.7. The van der Waals surface area contributed by atoms with E-state index in [1.165, 1.54) is 76.5 Å². The lowest BCUT2D eigenvalue weighted by Crippen LogP contribution is -2.09. The van der Waals surface area contributed by atoms with Crippen LogP contribution in [0.15, 0.2) is 212 Å². The molecule has 1 heteroatoms. The minimum Gasteiger partial charge on any atom is -0.311 e. The van der Waals surface area contributed by atoms with E-state index in [2.05, 4.69) is 217 Å². The molecule has 10 aromatic rings. The summed E-state index contributed by atoms with van der Waals surface area (Å²) in [5.74, 6) is 0.